The monoisotopic (exact) mass is 96.0 g/mol. The standard InChI is InChI=1S/CH4N2S.FH/c2-1(3)4;/h(H4,2,3,4);1H. The van der Waals surface area contributed by atoms with Gasteiger partial charge < -0.3 is 5.73 Å². The van der Waals surface area contributed by atoms with Crippen molar-refractivity contribution >= 4 is 17.8 Å². The van der Waals surface area contributed by atoms with Gasteiger partial charge in [0, 0.05) is 0 Å². The van der Waals surface area contributed by atoms with Crippen molar-refractivity contribution in [1.82, 2.24) is 0 Å². The largest absolute Gasteiger partial charge is 0.379 e. The Bertz CT molecular complexity index is 32.6. The third kappa shape index (κ3) is 184. The van der Waals surface area contributed by atoms with Crippen molar-refractivity contribution in [2.24, 2.45) is 5.73 Å². The minimum Gasteiger partial charge on any atom is -0.379 e. The first-order valence-electron chi connectivity index (χ1n) is 0.762. The van der Waals surface area contributed by atoms with Crippen molar-refractivity contribution in [1.29, 1.82) is 5.41 Å². The van der Waals surface area contributed by atoms with Crippen LogP contribution in [-0.4, -0.2) is 5.17 Å². The molecule has 0 saturated carbocycles. The molecule has 0 aliphatic carbocycles. The fourth-order valence-electron chi connectivity index (χ4n) is 0. The van der Waals surface area contributed by atoms with Crippen LogP contribution in [0.1, 0.15) is 0 Å². The van der Waals surface area contributed by atoms with Gasteiger partial charge in [-0.1, -0.05) is 0 Å². The van der Waals surface area contributed by atoms with Crippen molar-refractivity contribution in [2.45, 2.75) is 0 Å². The molecule has 5 heavy (non-hydrogen) atoms. The van der Waals surface area contributed by atoms with Gasteiger partial charge in [-0.3, -0.25) is 10.1 Å². The van der Waals surface area contributed by atoms with Crippen LogP contribution in [0, 0.1) is 5.41 Å². The number of hydrogen-bond donors (Lipinski definition) is 3. The highest BCUT2D eigenvalue weighted by Gasteiger charge is 1.55. The highest BCUT2D eigenvalue weighted by atomic mass is 32.1. The first kappa shape index (κ1) is 8.83. The van der Waals surface area contributed by atoms with E-state index in [9.17, 15) is 0 Å². The van der Waals surface area contributed by atoms with Crippen LogP contribution in [0.4, 0.5) is 4.70 Å². The number of nitrogens with two attached hydrogens (primary N) is 1. The van der Waals surface area contributed by atoms with Crippen LogP contribution in [0.3, 0.4) is 0 Å². The number of halogens is 1. The average molecular weight is 96.1 g/mol. The molecule has 0 aromatic heterocycles. The zero-order chi connectivity index (χ0) is 3.58. The molecule has 2 nitrogen and oxygen atoms in total. The molecule has 0 amide bonds. The maximum Gasteiger partial charge on any atom is 0.147 e. The molecule has 0 aromatic carbocycles. The van der Waals surface area contributed by atoms with E-state index in [1.165, 1.54) is 0 Å². The fourth-order valence-corrected chi connectivity index (χ4v) is 0. The highest BCUT2D eigenvalue weighted by Crippen LogP contribution is 1.56. The molecule has 0 atom stereocenters. The van der Waals surface area contributed by atoms with Crippen LogP contribution in [0.2, 0.25) is 0 Å². The molecule has 3 N–H and O–H groups in total. The summed E-state index contributed by atoms with van der Waals surface area (Å²) in [6, 6.07) is 0. The molecule has 0 aliphatic rings. The van der Waals surface area contributed by atoms with Gasteiger partial charge in [-0.25, -0.2) is 0 Å². The first-order chi connectivity index (χ1) is 1.73. The van der Waals surface area contributed by atoms with Gasteiger partial charge in [0.05, 0.1) is 0 Å². The zero-order valence-corrected chi connectivity index (χ0v) is 3.33. The Morgan fingerprint density at radius 3 is 1.80 bits per heavy atom. The minimum atomic E-state index is -0.139. The average Bonchev–Trinajstić information content (AvgIpc) is 0.811. The number of amidine groups is 1. The molecule has 0 unspecified atom stereocenters. The highest BCUT2D eigenvalue weighted by molar-refractivity contribution is 7.96. The van der Waals surface area contributed by atoms with E-state index in [0.717, 1.165) is 0 Å². The quantitative estimate of drug-likeness (QED) is 0.221. The second-order valence-corrected chi connectivity index (χ2v) is 0.867. The molecule has 32 valence electrons. The van der Waals surface area contributed by atoms with Crippen LogP contribution in [0.15, 0.2) is 0 Å². The van der Waals surface area contributed by atoms with Crippen LogP contribution in [-0.2, 0) is 0 Å². The van der Waals surface area contributed by atoms with Crippen molar-refractivity contribution < 1.29 is 4.70 Å². The summed E-state index contributed by atoms with van der Waals surface area (Å²) in [4.78, 5) is 0. The van der Waals surface area contributed by atoms with E-state index in [1.54, 1.807) is 0 Å². The minimum absolute atomic E-state index is 0. The lowest BCUT2D eigenvalue weighted by Gasteiger charge is -1.65. The molecule has 0 heterocycles. The predicted octanol–water partition coefficient (Wildman–Crippen LogP) is -0.0378. The lowest BCUT2D eigenvalue weighted by Crippen LogP contribution is -1.96. The Balaban J connectivity index is 0. The van der Waals surface area contributed by atoms with Gasteiger partial charge in [0.1, 0.15) is 5.17 Å². The molecule has 0 saturated heterocycles. The van der Waals surface area contributed by atoms with Gasteiger partial charge >= 0.3 is 0 Å². The zero-order valence-electron chi connectivity index (χ0n) is 2.43. The Hall–Kier alpha value is -0.250. The normalized spacial score (nSPS) is 5.00. The van der Waals surface area contributed by atoms with Crippen LogP contribution >= 0.6 is 12.6 Å². The van der Waals surface area contributed by atoms with Gasteiger partial charge in [-0.2, -0.15) is 0 Å². The van der Waals surface area contributed by atoms with Gasteiger partial charge in [-0.05, 0) is 0 Å². The summed E-state index contributed by atoms with van der Waals surface area (Å²) < 4.78 is 0. The molecule has 0 aliphatic heterocycles. The summed E-state index contributed by atoms with van der Waals surface area (Å²) >= 11 is 3.33. The van der Waals surface area contributed by atoms with E-state index in [2.05, 4.69) is 18.4 Å². The van der Waals surface area contributed by atoms with Gasteiger partial charge in [0.25, 0.3) is 0 Å². The van der Waals surface area contributed by atoms with Gasteiger partial charge in [0.2, 0.25) is 0 Å². The summed E-state index contributed by atoms with van der Waals surface area (Å²) in [5.74, 6) is 0. The molecule has 4 heteroatoms. The van der Waals surface area contributed by atoms with E-state index >= 15 is 0 Å². The second-order valence-electron chi connectivity index (χ2n) is 0.385. The predicted molar refractivity (Wildman–Crippen MR) is 23.4 cm³/mol. The van der Waals surface area contributed by atoms with E-state index in [1.807, 2.05) is 0 Å². The molecule has 0 radical (unpaired) electrons. The topological polar surface area (TPSA) is 49.9 Å². The summed E-state index contributed by atoms with van der Waals surface area (Å²) in [6.07, 6.45) is 0. The summed E-state index contributed by atoms with van der Waals surface area (Å²) in [5, 5.41) is 6.00. The fraction of sp³-hybridized carbons (Fsp3) is 0. The van der Waals surface area contributed by atoms with Crippen molar-refractivity contribution in [2.75, 3.05) is 0 Å². The van der Waals surface area contributed by atoms with Gasteiger partial charge in [0.15, 0.2) is 0 Å². The molecule has 0 bridgehead atoms. The third-order valence-electron chi connectivity index (χ3n) is 0. The summed E-state index contributed by atoms with van der Waals surface area (Å²) in [5.41, 5.74) is 4.56. The Labute approximate surface area is 34.6 Å². The van der Waals surface area contributed by atoms with E-state index < -0.39 is 0 Å². The maximum absolute atomic E-state index is 6.14. The van der Waals surface area contributed by atoms with E-state index in [0.29, 0.717) is 0 Å². The van der Waals surface area contributed by atoms with Crippen molar-refractivity contribution in [3.05, 3.63) is 0 Å². The molecule has 0 fully saturated rings. The second kappa shape index (κ2) is 3.75. The first-order valence-corrected chi connectivity index (χ1v) is 1.21. The van der Waals surface area contributed by atoms with Crippen molar-refractivity contribution in [3.63, 3.8) is 0 Å². The Kier molecular flexibility index (Phi) is 6.62. The lowest BCUT2D eigenvalue weighted by molar-refractivity contribution is 1.11. The van der Waals surface area contributed by atoms with E-state index in [-0.39, 0.29) is 9.87 Å². The molecule has 0 spiro atoms. The lowest BCUT2D eigenvalue weighted by atomic mass is 11.4. The number of rotatable bonds is 0. The van der Waals surface area contributed by atoms with E-state index in [4.69, 9.17) is 5.41 Å². The Morgan fingerprint density at radius 2 is 1.80 bits per heavy atom. The smallest absolute Gasteiger partial charge is 0.147 e. The van der Waals surface area contributed by atoms with Crippen molar-refractivity contribution in [3.8, 4) is 0 Å². The number of hydrogen-bond acceptors (Lipinski definition) is 1. The maximum atomic E-state index is 6.14. The molecular formula is CH5FN2S. The van der Waals surface area contributed by atoms with Crippen LogP contribution in [0.25, 0.3) is 0 Å². The number of nitrogens with one attached hydrogen (secondary N) is 1. The van der Waals surface area contributed by atoms with Crippen LogP contribution < -0.4 is 5.73 Å². The van der Waals surface area contributed by atoms with Crippen LogP contribution in [0.5, 0.6) is 0 Å². The summed E-state index contributed by atoms with van der Waals surface area (Å²) in [6.45, 7) is 0. The SMILES string of the molecule is F.N=C(N)S. The molecular weight excluding hydrogens is 91.1 g/mol. The molecule has 0 aromatic rings. The summed E-state index contributed by atoms with van der Waals surface area (Å²) in [7, 11) is 0. The molecule has 0 rings (SSSR count). The number of thiol groups is 1. The Morgan fingerprint density at radius 1 is 1.80 bits per heavy atom. The third-order valence-corrected chi connectivity index (χ3v) is 0. The van der Waals surface area contributed by atoms with Gasteiger partial charge in [-0.15, -0.1) is 12.6 Å².